The predicted molar refractivity (Wildman–Crippen MR) is 86.3 cm³/mol. The number of hydrogen-bond donors (Lipinski definition) is 0. The Bertz CT molecular complexity index is 237. The second kappa shape index (κ2) is 4.73. The van der Waals surface area contributed by atoms with E-state index in [4.69, 9.17) is 0 Å². The summed E-state index contributed by atoms with van der Waals surface area (Å²) in [7, 11) is 1.02. The van der Waals surface area contributed by atoms with E-state index in [2.05, 4.69) is 89.6 Å². The molecule has 0 fully saturated rings. The molecule has 1 nitrogen and oxygen atoms in total. The van der Waals surface area contributed by atoms with Crippen molar-refractivity contribution in [3.05, 3.63) is 0 Å². The van der Waals surface area contributed by atoms with Crippen LogP contribution in [0.5, 0.6) is 0 Å². The molecular weight excluding hydrogens is 300 g/mol. The van der Waals surface area contributed by atoms with E-state index in [1.807, 2.05) is 0 Å². The van der Waals surface area contributed by atoms with Gasteiger partial charge in [0.05, 0.1) is 0 Å². The molecule has 0 aromatic carbocycles. The molecular formula is C11H30GaNSi3. The monoisotopic (exact) mass is 329 g/mol. The van der Waals surface area contributed by atoms with E-state index >= 15 is 0 Å². The van der Waals surface area contributed by atoms with Crippen molar-refractivity contribution >= 4 is 43.0 Å². The normalized spacial score (nSPS) is 15.7. The summed E-state index contributed by atoms with van der Waals surface area (Å²) in [4.78, 5) is 0. The van der Waals surface area contributed by atoms with Crippen LogP contribution in [0.4, 0.5) is 0 Å². The van der Waals surface area contributed by atoms with Crippen molar-refractivity contribution in [2.24, 2.45) is 0 Å². The van der Waals surface area contributed by atoms with Crippen molar-refractivity contribution in [1.29, 1.82) is 0 Å². The van der Waals surface area contributed by atoms with Crippen LogP contribution in [0, 0.1) is 0 Å². The van der Waals surface area contributed by atoms with Gasteiger partial charge in [0.15, 0.2) is 0 Å². The molecule has 2 radical (unpaired) electrons. The molecule has 0 saturated carbocycles. The third kappa shape index (κ3) is 2.64. The van der Waals surface area contributed by atoms with E-state index in [9.17, 15) is 0 Å². The summed E-state index contributed by atoms with van der Waals surface area (Å²) in [5.41, 5.74) is 0. The zero-order chi connectivity index (χ0) is 13.6. The minimum absolute atomic E-state index is 0.698. The second-order valence-corrected chi connectivity index (χ2v) is 30.1. The summed E-state index contributed by atoms with van der Waals surface area (Å²) in [5.74, 6) is 0. The van der Waals surface area contributed by atoms with Gasteiger partial charge < -0.3 is 0 Å². The first-order chi connectivity index (χ1) is 6.69. The van der Waals surface area contributed by atoms with Crippen LogP contribution in [0.3, 0.4) is 0 Å². The van der Waals surface area contributed by atoms with Crippen molar-refractivity contribution in [3.63, 3.8) is 0 Å². The van der Waals surface area contributed by atoms with E-state index < -0.39 is 24.4 Å². The molecule has 0 aliphatic heterocycles. The Labute approximate surface area is 116 Å². The Balaban J connectivity index is 5.81. The summed E-state index contributed by atoms with van der Waals surface area (Å²) >= 11 is 2.07. The molecule has 0 saturated heterocycles. The maximum absolute atomic E-state index is 2.59. The van der Waals surface area contributed by atoms with Gasteiger partial charge in [-0.05, 0) is 0 Å². The Morgan fingerprint density at radius 3 is 1.06 bits per heavy atom. The SMILES string of the molecule is CN(C)[Si](C)(C)[C]([Ga])([Si](C)(C)C)[Si](C)(C)C. The van der Waals surface area contributed by atoms with E-state index in [0.717, 1.165) is 0 Å². The average Bonchev–Trinajstić information content (AvgIpc) is 1.97. The third-order valence-electron chi connectivity index (χ3n) is 4.45. The quantitative estimate of drug-likeness (QED) is 0.715. The zero-order valence-electron chi connectivity index (χ0n) is 13.0. The number of nitrogens with zero attached hydrogens (tertiary/aromatic N) is 1. The fraction of sp³-hybridized carbons (Fsp3) is 1.00. The van der Waals surface area contributed by atoms with Crippen molar-refractivity contribution in [3.8, 4) is 0 Å². The molecule has 0 bridgehead atoms. The fourth-order valence-corrected chi connectivity index (χ4v) is 30.7. The summed E-state index contributed by atoms with van der Waals surface area (Å²) in [6.07, 6.45) is 0. The van der Waals surface area contributed by atoms with Crippen LogP contribution in [0.2, 0.25) is 55.2 Å². The molecule has 0 unspecified atom stereocenters. The molecule has 0 aromatic rings. The average molecular weight is 330 g/mol. The molecule has 0 rings (SSSR count). The van der Waals surface area contributed by atoms with Crippen LogP contribution < -0.4 is 0 Å². The third-order valence-corrected chi connectivity index (χ3v) is 41.4. The maximum atomic E-state index is 2.59. The van der Waals surface area contributed by atoms with Gasteiger partial charge in [0.25, 0.3) is 0 Å². The van der Waals surface area contributed by atoms with Crippen LogP contribution in [-0.2, 0) is 0 Å². The Morgan fingerprint density at radius 1 is 0.750 bits per heavy atom. The van der Waals surface area contributed by atoms with Gasteiger partial charge in [0.1, 0.15) is 0 Å². The van der Waals surface area contributed by atoms with Crippen molar-refractivity contribution in [2.45, 2.75) is 55.2 Å². The molecule has 5 heteroatoms. The van der Waals surface area contributed by atoms with Gasteiger partial charge in [-0.15, -0.1) is 0 Å². The van der Waals surface area contributed by atoms with Gasteiger partial charge in [-0.3, -0.25) is 0 Å². The van der Waals surface area contributed by atoms with Crippen LogP contribution >= 0.6 is 0 Å². The molecule has 0 heterocycles. The minimum atomic E-state index is -1.32. The van der Waals surface area contributed by atoms with Crippen LogP contribution in [0.1, 0.15) is 0 Å². The first kappa shape index (κ1) is 17.2. The van der Waals surface area contributed by atoms with Gasteiger partial charge in [-0.1, -0.05) is 0 Å². The molecule has 16 heavy (non-hydrogen) atoms. The fourth-order valence-electron chi connectivity index (χ4n) is 3.31. The summed E-state index contributed by atoms with van der Waals surface area (Å²) in [5, 5.41) is 0. The van der Waals surface area contributed by atoms with E-state index in [0.29, 0.717) is 2.84 Å². The van der Waals surface area contributed by atoms with Crippen molar-refractivity contribution in [2.75, 3.05) is 14.1 Å². The van der Waals surface area contributed by atoms with E-state index in [1.54, 1.807) is 0 Å². The van der Waals surface area contributed by atoms with Crippen LogP contribution in [0.15, 0.2) is 0 Å². The summed E-state index contributed by atoms with van der Waals surface area (Å²) in [6.45, 7) is 20.7. The predicted octanol–water partition coefficient (Wildman–Crippen LogP) is 3.37. The Morgan fingerprint density at radius 2 is 1.00 bits per heavy atom. The van der Waals surface area contributed by atoms with Crippen molar-refractivity contribution in [1.82, 2.24) is 4.57 Å². The molecule has 0 spiro atoms. The molecule has 94 valence electrons. The molecule has 0 aromatic heterocycles. The van der Waals surface area contributed by atoms with E-state index in [1.165, 1.54) is 0 Å². The van der Waals surface area contributed by atoms with Gasteiger partial charge in [-0.2, -0.15) is 0 Å². The first-order valence-corrected chi connectivity index (χ1v) is 17.3. The topological polar surface area (TPSA) is 3.24 Å². The summed E-state index contributed by atoms with van der Waals surface area (Å²) in [6, 6.07) is 0. The molecule has 0 aliphatic rings. The Hall–Kier alpha value is 1.25. The molecule has 0 atom stereocenters. The number of hydrogen-bond acceptors (Lipinski definition) is 1. The van der Waals surface area contributed by atoms with Crippen LogP contribution in [-0.4, -0.2) is 61.6 Å². The van der Waals surface area contributed by atoms with Gasteiger partial charge in [-0.25, -0.2) is 0 Å². The standard InChI is InChI=1S/C11H30NSi3.Ga/c1-12(2)15(9,10)11(13(3,4)5)14(6,7)8;/h1-10H3;. The number of rotatable bonds is 4. The van der Waals surface area contributed by atoms with Gasteiger partial charge in [0.2, 0.25) is 0 Å². The first-order valence-electron chi connectivity index (χ1n) is 6.16. The summed E-state index contributed by atoms with van der Waals surface area (Å²) < 4.78 is 3.29. The van der Waals surface area contributed by atoms with E-state index in [-0.39, 0.29) is 0 Å². The zero-order valence-corrected chi connectivity index (χ0v) is 18.4. The second-order valence-electron chi connectivity index (χ2n) is 7.76. The Kier molecular flexibility index (Phi) is 5.10. The molecule has 0 amide bonds. The molecule has 0 aliphatic carbocycles. The van der Waals surface area contributed by atoms with Crippen LogP contribution in [0.25, 0.3) is 0 Å². The van der Waals surface area contributed by atoms with Crippen molar-refractivity contribution < 1.29 is 0 Å². The van der Waals surface area contributed by atoms with Gasteiger partial charge in [0, 0.05) is 0 Å². The molecule has 0 N–H and O–H groups in total. The van der Waals surface area contributed by atoms with Gasteiger partial charge >= 0.3 is 117 Å².